The first kappa shape index (κ1) is 27.5. The van der Waals surface area contributed by atoms with Gasteiger partial charge in [0.1, 0.15) is 22.3 Å². The summed E-state index contributed by atoms with van der Waals surface area (Å²) in [7, 11) is -1.40. The third-order valence-electron chi connectivity index (χ3n) is 6.77. The molecule has 10 nitrogen and oxygen atoms in total. The van der Waals surface area contributed by atoms with Crippen molar-refractivity contribution in [1.29, 1.82) is 0 Å². The fraction of sp³-hybridized carbons (Fsp3) is 0.538. The summed E-state index contributed by atoms with van der Waals surface area (Å²) in [4.78, 5) is 18.9. The van der Waals surface area contributed by atoms with Crippen molar-refractivity contribution in [3.63, 3.8) is 0 Å². The molecule has 0 saturated carbocycles. The van der Waals surface area contributed by atoms with Crippen LogP contribution in [0.2, 0.25) is 0 Å². The molecule has 11 heteroatoms. The average Bonchev–Trinajstić information content (AvgIpc) is 3.18. The highest BCUT2D eigenvalue weighted by Gasteiger charge is 2.24. The third kappa shape index (κ3) is 5.65. The predicted molar refractivity (Wildman–Crippen MR) is 143 cm³/mol. The van der Waals surface area contributed by atoms with Crippen LogP contribution in [0, 0.1) is 6.92 Å². The first-order valence-electron chi connectivity index (χ1n) is 12.9. The molecule has 0 bridgehead atoms. The minimum absolute atomic E-state index is 0.113. The van der Waals surface area contributed by atoms with Crippen molar-refractivity contribution in [2.45, 2.75) is 51.5 Å². The Morgan fingerprint density at radius 3 is 2.54 bits per heavy atom. The minimum atomic E-state index is -1.40. The number of aliphatic hydroxyl groups is 2. The fourth-order valence-electron chi connectivity index (χ4n) is 4.82. The summed E-state index contributed by atoms with van der Waals surface area (Å²) in [5.74, 6) is 0.883. The summed E-state index contributed by atoms with van der Waals surface area (Å²) in [6, 6.07) is 5.37. The number of nitrogens with one attached hydrogen (secondary N) is 1. The summed E-state index contributed by atoms with van der Waals surface area (Å²) < 4.78 is 23.0. The van der Waals surface area contributed by atoms with Gasteiger partial charge in [0.05, 0.1) is 30.3 Å². The topological polar surface area (TPSA) is 123 Å². The van der Waals surface area contributed by atoms with Gasteiger partial charge in [-0.05, 0) is 43.5 Å². The largest absolute Gasteiger partial charge is 0.493 e. The van der Waals surface area contributed by atoms with E-state index in [1.807, 2.05) is 25.1 Å². The van der Waals surface area contributed by atoms with E-state index < -0.39 is 11.0 Å². The SMILES string of the molecule is CCCOc1ccc(S(=O)N2CCN(CCO)CC2)cc1-c1nn2c(CCC)c(CO)c(C)c2c(=O)[nH]1. The van der Waals surface area contributed by atoms with E-state index in [1.54, 1.807) is 22.7 Å². The molecule has 202 valence electrons. The van der Waals surface area contributed by atoms with Gasteiger partial charge in [0, 0.05) is 44.0 Å². The summed E-state index contributed by atoms with van der Waals surface area (Å²) in [6.07, 6.45) is 2.32. The Hall–Kier alpha value is -2.57. The zero-order valence-corrected chi connectivity index (χ0v) is 22.6. The number of aliphatic hydroxyl groups excluding tert-OH is 2. The summed E-state index contributed by atoms with van der Waals surface area (Å²) in [5.41, 5.74) is 2.97. The van der Waals surface area contributed by atoms with Crippen LogP contribution < -0.4 is 10.3 Å². The van der Waals surface area contributed by atoms with Gasteiger partial charge in [0.2, 0.25) is 0 Å². The summed E-state index contributed by atoms with van der Waals surface area (Å²) >= 11 is 0. The molecule has 1 aromatic carbocycles. The number of H-pyrrole nitrogens is 1. The Labute approximate surface area is 219 Å². The molecule has 3 heterocycles. The number of hydrogen-bond acceptors (Lipinski definition) is 7. The van der Waals surface area contributed by atoms with Gasteiger partial charge in [-0.3, -0.25) is 9.69 Å². The van der Waals surface area contributed by atoms with E-state index in [-0.39, 0.29) is 18.8 Å². The van der Waals surface area contributed by atoms with Crippen LogP contribution in [0.5, 0.6) is 5.75 Å². The fourth-order valence-corrected chi connectivity index (χ4v) is 6.02. The van der Waals surface area contributed by atoms with Crippen molar-refractivity contribution in [3.8, 4) is 17.1 Å². The maximum absolute atomic E-state index is 13.5. The molecule has 0 spiro atoms. The molecule has 0 amide bonds. The highest BCUT2D eigenvalue weighted by Crippen LogP contribution is 2.31. The monoisotopic (exact) mass is 531 g/mol. The smallest absolute Gasteiger partial charge is 0.275 e. The van der Waals surface area contributed by atoms with Gasteiger partial charge in [-0.25, -0.2) is 13.0 Å². The van der Waals surface area contributed by atoms with Crippen molar-refractivity contribution in [2.75, 3.05) is 45.9 Å². The van der Waals surface area contributed by atoms with Crippen LogP contribution in [0.4, 0.5) is 0 Å². The average molecular weight is 532 g/mol. The number of fused-ring (bicyclic) bond motifs is 1. The first-order valence-corrected chi connectivity index (χ1v) is 14.1. The van der Waals surface area contributed by atoms with Gasteiger partial charge >= 0.3 is 0 Å². The molecule has 1 atom stereocenters. The van der Waals surface area contributed by atoms with Crippen molar-refractivity contribution in [1.82, 2.24) is 23.8 Å². The van der Waals surface area contributed by atoms with Gasteiger partial charge in [-0.15, -0.1) is 5.10 Å². The maximum Gasteiger partial charge on any atom is 0.275 e. The molecular weight excluding hydrogens is 494 g/mol. The van der Waals surface area contributed by atoms with Crippen LogP contribution in [0.3, 0.4) is 0 Å². The Balaban J connectivity index is 1.77. The number of nitrogens with zero attached hydrogens (tertiary/aromatic N) is 4. The molecule has 1 unspecified atom stereocenters. The van der Waals surface area contributed by atoms with Gasteiger partial charge in [-0.1, -0.05) is 20.3 Å². The number of benzene rings is 1. The molecule has 37 heavy (non-hydrogen) atoms. The van der Waals surface area contributed by atoms with Crippen molar-refractivity contribution in [2.24, 2.45) is 0 Å². The minimum Gasteiger partial charge on any atom is -0.493 e. The van der Waals surface area contributed by atoms with Crippen LogP contribution in [-0.4, -0.2) is 84.2 Å². The third-order valence-corrected chi connectivity index (χ3v) is 8.26. The van der Waals surface area contributed by atoms with Gasteiger partial charge in [-0.2, -0.15) is 0 Å². The van der Waals surface area contributed by atoms with E-state index in [9.17, 15) is 19.2 Å². The lowest BCUT2D eigenvalue weighted by molar-refractivity contribution is 0.154. The Kier molecular flexibility index (Phi) is 9.14. The molecular formula is C26H37N5O5S. The van der Waals surface area contributed by atoms with Crippen molar-refractivity contribution < 1.29 is 19.2 Å². The number of β-amino-alcohol motifs (C(OH)–C–C–N with tert-alkyl or cyclic N) is 1. The number of aryl methyl sites for hydroxylation is 2. The van der Waals surface area contributed by atoms with E-state index in [4.69, 9.17) is 9.84 Å². The van der Waals surface area contributed by atoms with Gasteiger partial charge in [0.15, 0.2) is 5.82 Å². The zero-order valence-electron chi connectivity index (χ0n) is 21.8. The number of rotatable bonds is 11. The lowest BCUT2D eigenvalue weighted by Crippen LogP contribution is -2.47. The number of hydrogen-bond donors (Lipinski definition) is 3. The van der Waals surface area contributed by atoms with Crippen LogP contribution in [0.1, 0.15) is 43.5 Å². The summed E-state index contributed by atoms with van der Waals surface area (Å²) in [6.45, 7) is 9.69. The molecule has 0 radical (unpaired) electrons. The van der Waals surface area contributed by atoms with Crippen LogP contribution in [0.25, 0.3) is 16.9 Å². The maximum atomic E-state index is 13.5. The normalized spacial score (nSPS) is 15.9. The second-order valence-electron chi connectivity index (χ2n) is 9.27. The first-order chi connectivity index (χ1) is 17.9. The number of aromatic amines is 1. The molecule has 1 aliphatic rings. The number of ether oxygens (including phenoxy) is 1. The van der Waals surface area contributed by atoms with E-state index in [1.165, 1.54) is 0 Å². The Bertz CT molecular complexity index is 1310. The van der Waals surface area contributed by atoms with E-state index in [0.717, 1.165) is 42.8 Å². The molecule has 0 aliphatic carbocycles. The molecule has 1 fully saturated rings. The van der Waals surface area contributed by atoms with Crippen molar-refractivity contribution in [3.05, 3.63) is 45.4 Å². The molecule has 3 N–H and O–H groups in total. The van der Waals surface area contributed by atoms with Crippen LogP contribution in [0.15, 0.2) is 27.9 Å². The molecule has 1 saturated heterocycles. The second-order valence-corrected chi connectivity index (χ2v) is 10.8. The molecule has 2 aromatic heterocycles. The van der Waals surface area contributed by atoms with E-state index >= 15 is 0 Å². The highest BCUT2D eigenvalue weighted by atomic mass is 32.2. The van der Waals surface area contributed by atoms with Gasteiger partial charge in [0.25, 0.3) is 5.56 Å². The predicted octanol–water partition coefficient (Wildman–Crippen LogP) is 1.86. The summed E-state index contributed by atoms with van der Waals surface area (Å²) in [5, 5.41) is 24.0. The Morgan fingerprint density at radius 2 is 1.89 bits per heavy atom. The second kappa shape index (κ2) is 12.3. The van der Waals surface area contributed by atoms with E-state index in [2.05, 4.69) is 9.88 Å². The zero-order chi connectivity index (χ0) is 26.5. The lowest BCUT2D eigenvalue weighted by atomic mass is 10.1. The van der Waals surface area contributed by atoms with Gasteiger partial charge < -0.3 is 19.9 Å². The molecule has 4 rings (SSSR count). The van der Waals surface area contributed by atoms with Crippen molar-refractivity contribution >= 4 is 16.5 Å². The number of piperazine rings is 1. The van der Waals surface area contributed by atoms with E-state index in [0.29, 0.717) is 60.2 Å². The van der Waals surface area contributed by atoms with Crippen LogP contribution >= 0.6 is 0 Å². The lowest BCUT2D eigenvalue weighted by Gasteiger charge is -2.33. The standard InChI is InChI=1S/C26H37N5O5S/c1-4-6-22-21(17-33)18(3)24-26(34)27-25(28-31(22)24)20-16-19(7-8-23(20)36-15-5-2)37(35)30-11-9-29(10-12-30)13-14-32/h7-8,16,32-33H,4-6,9-15,17H2,1-3H3,(H,27,28,34). The van der Waals surface area contributed by atoms with Crippen LogP contribution in [-0.2, 0) is 24.0 Å². The highest BCUT2D eigenvalue weighted by molar-refractivity contribution is 7.82. The Morgan fingerprint density at radius 1 is 1.14 bits per heavy atom. The molecule has 1 aliphatic heterocycles. The quantitative estimate of drug-likeness (QED) is 0.345. The number of aromatic nitrogens is 3. The molecule has 3 aromatic rings.